The molecule has 6 heteroatoms. The molecular weight excluding hydrogens is 524 g/mol. The van der Waals surface area contributed by atoms with Gasteiger partial charge in [0.2, 0.25) is 0 Å². The Bertz CT molecular complexity index is 646. The van der Waals surface area contributed by atoms with E-state index in [-0.39, 0.29) is 18.2 Å². The Morgan fingerprint density at radius 2 is 1.60 bits per heavy atom. The third-order valence-electron chi connectivity index (χ3n) is 9.46. The average Bonchev–Trinajstić information content (AvgIpc) is 3.54. The van der Waals surface area contributed by atoms with Crippen molar-refractivity contribution in [3.05, 3.63) is 0 Å². The molecule has 0 amide bonds. The Labute approximate surface area is 251 Å². The van der Waals surface area contributed by atoms with Crippen molar-refractivity contribution in [1.29, 1.82) is 0 Å². The molecule has 0 aromatic carbocycles. The number of alkyl halides is 1. The smallest absolute Gasteiger partial charge is 0.305 e. The van der Waals surface area contributed by atoms with Gasteiger partial charge in [-0.25, -0.2) is 0 Å². The number of aliphatic hydroxyl groups excluding tert-OH is 1. The maximum atomic E-state index is 12.1. The van der Waals surface area contributed by atoms with E-state index in [1.807, 2.05) is 0 Å². The molecule has 0 bridgehead atoms. The first-order valence-electron chi connectivity index (χ1n) is 17.2. The zero-order valence-corrected chi connectivity index (χ0v) is 27.1. The first kappa shape index (κ1) is 35.8. The predicted molar refractivity (Wildman–Crippen MR) is 166 cm³/mol. The molecule has 1 N–H and O–H groups in total. The summed E-state index contributed by atoms with van der Waals surface area (Å²) in [6.07, 6.45) is 23.0. The van der Waals surface area contributed by atoms with Gasteiger partial charge in [0.25, 0.3) is 0 Å². The highest BCUT2D eigenvalue weighted by Crippen LogP contribution is 2.51. The van der Waals surface area contributed by atoms with Gasteiger partial charge in [-0.3, -0.25) is 4.79 Å². The fourth-order valence-corrected chi connectivity index (χ4v) is 6.94. The molecule has 0 aromatic rings. The third-order valence-corrected chi connectivity index (χ3v) is 9.80. The van der Waals surface area contributed by atoms with Gasteiger partial charge in [0, 0.05) is 18.8 Å². The Balaban J connectivity index is 1.64. The summed E-state index contributed by atoms with van der Waals surface area (Å²) in [7, 11) is 0. The van der Waals surface area contributed by atoms with E-state index in [2.05, 4.69) is 20.8 Å². The van der Waals surface area contributed by atoms with Crippen LogP contribution in [0.25, 0.3) is 0 Å². The Hall–Kier alpha value is -0.360. The van der Waals surface area contributed by atoms with Crippen LogP contribution in [0.2, 0.25) is 0 Å². The van der Waals surface area contributed by atoms with Gasteiger partial charge in [-0.1, -0.05) is 97.8 Å². The van der Waals surface area contributed by atoms with Crippen LogP contribution in [0.4, 0.5) is 0 Å². The molecule has 40 heavy (non-hydrogen) atoms. The second-order valence-electron chi connectivity index (χ2n) is 12.8. The van der Waals surface area contributed by atoms with Gasteiger partial charge in [-0.05, 0) is 56.8 Å². The zero-order valence-electron chi connectivity index (χ0n) is 26.3. The van der Waals surface area contributed by atoms with E-state index in [0.29, 0.717) is 43.3 Å². The van der Waals surface area contributed by atoms with Crippen LogP contribution in [-0.2, 0) is 19.0 Å². The second-order valence-corrected chi connectivity index (χ2v) is 13.1. The molecule has 236 valence electrons. The van der Waals surface area contributed by atoms with Crippen molar-refractivity contribution in [2.45, 2.75) is 174 Å². The first-order chi connectivity index (χ1) is 19.5. The number of halogens is 1. The highest BCUT2D eigenvalue weighted by Gasteiger charge is 2.54. The van der Waals surface area contributed by atoms with Gasteiger partial charge in [0.05, 0.1) is 31.3 Å². The van der Waals surface area contributed by atoms with Gasteiger partial charge in [-0.2, -0.15) is 0 Å². The van der Waals surface area contributed by atoms with Crippen molar-refractivity contribution in [3.8, 4) is 0 Å². The molecule has 2 fully saturated rings. The summed E-state index contributed by atoms with van der Waals surface area (Å²) in [5.41, 5.74) is 0. The summed E-state index contributed by atoms with van der Waals surface area (Å²) in [4.78, 5) is 12.1. The molecule has 1 saturated heterocycles. The topological polar surface area (TPSA) is 65.0 Å². The number of unbranched alkanes of at least 4 members (excludes halogenated alkanes) is 11. The summed E-state index contributed by atoms with van der Waals surface area (Å²) in [6, 6.07) is 0. The van der Waals surface area contributed by atoms with Crippen LogP contribution >= 0.6 is 11.6 Å². The highest BCUT2D eigenvalue weighted by atomic mass is 35.5. The Kier molecular flexibility index (Phi) is 19.1. The summed E-state index contributed by atoms with van der Waals surface area (Å²) >= 11 is 6.12. The minimum atomic E-state index is -0.484. The SMILES string of the molecule is CCCCCCCCCCOC(=O)CCCCCC[C@@H]1[C@@H](CC[C@H](O)[C@H](C)CCCC)CCC12OCC(CCl)O2. The number of hydrogen-bond donors (Lipinski definition) is 1. The van der Waals surface area contributed by atoms with E-state index < -0.39 is 5.79 Å². The van der Waals surface area contributed by atoms with Crippen LogP contribution in [0.3, 0.4) is 0 Å². The standard InChI is InChI=1S/C34H63ClO5/c1-4-6-8-9-10-11-14-17-25-38-33(37)20-16-13-12-15-19-31-29(21-22-32(36)28(3)18-7-5-2)23-24-34(31)39-27-30(26-35)40-34/h28-32,36H,4-27H2,1-3H3/t28-,29+,30?,31-,32+,34?/m1/s1. The number of carbonyl (C=O) groups excluding carboxylic acids is 1. The lowest BCUT2D eigenvalue weighted by Gasteiger charge is -2.33. The number of hydrogen-bond acceptors (Lipinski definition) is 5. The molecule has 0 aromatic heterocycles. The summed E-state index contributed by atoms with van der Waals surface area (Å²) in [6.45, 7) is 7.81. The van der Waals surface area contributed by atoms with E-state index in [0.717, 1.165) is 70.6 Å². The molecule has 1 heterocycles. The molecule has 0 radical (unpaired) electrons. The first-order valence-corrected chi connectivity index (χ1v) is 17.7. The molecule has 1 spiro atoms. The Morgan fingerprint density at radius 3 is 2.30 bits per heavy atom. The maximum Gasteiger partial charge on any atom is 0.305 e. The zero-order chi connectivity index (χ0) is 29.1. The van der Waals surface area contributed by atoms with Crippen molar-refractivity contribution in [1.82, 2.24) is 0 Å². The summed E-state index contributed by atoms with van der Waals surface area (Å²) in [5.74, 6) is 1.19. The largest absolute Gasteiger partial charge is 0.466 e. The lowest BCUT2D eigenvalue weighted by atomic mass is 9.83. The van der Waals surface area contributed by atoms with Crippen LogP contribution in [0, 0.1) is 17.8 Å². The number of carbonyl (C=O) groups is 1. The van der Waals surface area contributed by atoms with Gasteiger partial charge in [-0.15, -0.1) is 11.6 Å². The van der Waals surface area contributed by atoms with Crippen LogP contribution < -0.4 is 0 Å². The van der Waals surface area contributed by atoms with Crippen LogP contribution in [0.15, 0.2) is 0 Å². The molecule has 1 aliphatic carbocycles. The van der Waals surface area contributed by atoms with Crippen molar-refractivity contribution < 1.29 is 24.1 Å². The fraction of sp³-hybridized carbons (Fsp3) is 0.971. The van der Waals surface area contributed by atoms with Crippen molar-refractivity contribution in [3.63, 3.8) is 0 Å². The number of rotatable bonds is 24. The van der Waals surface area contributed by atoms with Crippen molar-refractivity contribution in [2.75, 3.05) is 19.1 Å². The minimum absolute atomic E-state index is 0.0145. The summed E-state index contributed by atoms with van der Waals surface area (Å²) < 4.78 is 18.2. The van der Waals surface area contributed by atoms with Gasteiger partial charge in [0.1, 0.15) is 0 Å². The lowest BCUT2D eigenvalue weighted by Crippen LogP contribution is -2.38. The molecule has 1 saturated carbocycles. The highest BCUT2D eigenvalue weighted by molar-refractivity contribution is 6.18. The third kappa shape index (κ3) is 13.3. The molecular formula is C34H63ClO5. The van der Waals surface area contributed by atoms with E-state index >= 15 is 0 Å². The van der Waals surface area contributed by atoms with E-state index in [4.69, 9.17) is 25.8 Å². The van der Waals surface area contributed by atoms with Crippen LogP contribution in [0.5, 0.6) is 0 Å². The molecule has 5 nitrogen and oxygen atoms in total. The molecule has 1 aliphatic heterocycles. The van der Waals surface area contributed by atoms with Crippen LogP contribution in [0.1, 0.15) is 156 Å². The maximum absolute atomic E-state index is 12.1. The van der Waals surface area contributed by atoms with Gasteiger partial charge in [0.15, 0.2) is 5.79 Å². The fourth-order valence-electron chi connectivity index (χ4n) is 6.79. The molecule has 2 rings (SSSR count). The quantitative estimate of drug-likeness (QED) is 0.0693. The minimum Gasteiger partial charge on any atom is -0.466 e. The van der Waals surface area contributed by atoms with Gasteiger partial charge < -0.3 is 19.3 Å². The lowest BCUT2D eigenvalue weighted by molar-refractivity contribution is -0.196. The van der Waals surface area contributed by atoms with Gasteiger partial charge >= 0.3 is 5.97 Å². The normalized spacial score (nSPS) is 26.0. The second kappa shape index (κ2) is 21.3. The summed E-state index contributed by atoms with van der Waals surface area (Å²) in [5, 5.41) is 10.8. The van der Waals surface area contributed by atoms with Crippen molar-refractivity contribution in [2.24, 2.45) is 17.8 Å². The molecule has 2 aliphatic rings. The number of aliphatic hydroxyl groups is 1. The average molecular weight is 587 g/mol. The van der Waals surface area contributed by atoms with Crippen molar-refractivity contribution >= 4 is 17.6 Å². The van der Waals surface area contributed by atoms with E-state index in [9.17, 15) is 9.90 Å². The van der Waals surface area contributed by atoms with E-state index in [1.54, 1.807) is 0 Å². The number of ether oxygens (including phenoxy) is 3. The predicted octanol–water partition coefficient (Wildman–Crippen LogP) is 9.36. The monoisotopic (exact) mass is 586 g/mol. The molecule has 2 unspecified atom stereocenters. The molecule has 6 atom stereocenters. The number of esters is 1. The Morgan fingerprint density at radius 1 is 0.925 bits per heavy atom. The van der Waals surface area contributed by atoms with Crippen LogP contribution in [-0.4, -0.2) is 48.2 Å². The van der Waals surface area contributed by atoms with E-state index in [1.165, 1.54) is 57.8 Å².